The van der Waals surface area contributed by atoms with Crippen LogP contribution in [-0.4, -0.2) is 49.3 Å². The molecule has 3 aromatic heterocycles. The van der Waals surface area contributed by atoms with Gasteiger partial charge < -0.3 is 14.2 Å². The van der Waals surface area contributed by atoms with E-state index in [-0.39, 0.29) is 5.56 Å². The van der Waals surface area contributed by atoms with E-state index < -0.39 is 0 Å². The summed E-state index contributed by atoms with van der Waals surface area (Å²) in [6, 6.07) is 21.1. The summed E-state index contributed by atoms with van der Waals surface area (Å²) < 4.78 is 8.14. The molecule has 5 aromatic rings. The highest BCUT2D eigenvalue weighted by Crippen LogP contribution is 2.33. The largest absolute Gasteiger partial charge is 0.457 e. The predicted octanol–water partition coefficient (Wildman–Crippen LogP) is 6.41. The summed E-state index contributed by atoms with van der Waals surface area (Å²) in [6.45, 7) is 10.0. The fraction of sp³-hybridized carbons (Fsp3) is 0.324. The molecular formula is C34H36N6O2. The third-order valence-corrected chi connectivity index (χ3v) is 8.07. The summed E-state index contributed by atoms with van der Waals surface area (Å²) in [6.07, 6.45) is 5.83. The number of pyridine rings is 1. The third-order valence-electron chi connectivity index (χ3n) is 8.07. The van der Waals surface area contributed by atoms with E-state index in [0.29, 0.717) is 29.9 Å². The first-order valence-corrected chi connectivity index (χ1v) is 14.8. The van der Waals surface area contributed by atoms with E-state index in [1.807, 2.05) is 60.8 Å². The van der Waals surface area contributed by atoms with Crippen LogP contribution >= 0.6 is 0 Å². The molecule has 0 aliphatic carbocycles. The molecule has 0 unspecified atom stereocenters. The van der Waals surface area contributed by atoms with Crippen molar-refractivity contribution in [3.8, 4) is 22.8 Å². The molecule has 2 aromatic carbocycles. The number of ether oxygens (including phenoxy) is 1. The van der Waals surface area contributed by atoms with Crippen LogP contribution in [0.2, 0.25) is 0 Å². The molecule has 0 amide bonds. The average molecular weight is 561 g/mol. The molecule has 6 rings (SSSR count). The first kappa shape index (κ1) is 27.7. The zero-order valence-corrected chi connectivity index (χ0v) is 24.4. The van der Waals surface area contributed by atoms with E-state index in [9.17, 15) is 4.79 Å². The van der Waals surface area contributed by atoms with Gasteiger partial charge in [0.15, 0.2) is 0 Å². The topological polar surface area (TPSA) is 86.0 Å². The van der Waals surface area contributed by atoms with Crippen molar-refractivity contribution in [2.75, 3.05) is 19.6 Å². The van der Waals surface area contributed by atoms with E-state index in [0.717, 1.165) is 71.7 Å². The molecule has 8 heteroatoms. The molecule has 1 saturated heterocycles. The predicted molar refractivity (Wildman–Crippen MR) is 165 cm³/mol. The van der Waals surface area contributed by atoms with Gasteiger partial charge in [-0.15, -0.1) is 0 Å². The Morgan fingerprint density at radius 3 is 2.48 bits per heavy atom. The second-order valence-electron chi connectivity index (χ2n) is 11.2. The second-order valence-corrected chi connectivity index (χ2v) is 11.2. The van der Waals surface area contributed by atoms with Gasteiger partial charge in [0.2, 0.25) is 0 Å². The molecule has 8 nitrogen and oxygen atoms in total. The highest BCUT2D eigenvalue weighted by atomic mass is 16.5. The summed E-state index contributed by atoms with van der Waals surface area (Å²) in [5.41, 5.74) is 4.40. The van der Waals surface area contributed by atoms with Crippen LogP contribution in [0.25, 0.3) is 22.2 Å². The quantitative estimate of drug-likeness (QED) is 0.217. The normalized spacial score (nSPS) is 14.5. The number of piperidine rings is 1. The smallest absolute Gasteiger partial charge is 0.250 e. The molecule has 214 valence electrons. The molecule has 0 bridgehead atoms. The van der Waals surface area contributed by atoms with E-state index in [2.05, 4.69) is 35.9 Å². The van der Waals surface area contributed by atoms with Crippen molar-refractivity contribution in [2.24, 2.45) is 0 Å². The van der Waals surface area contributed by atoms with Crippen LogP contribution in [0.15, 0.2) is 83.9 Å². The summed E-state index contributed by atoms with van der Waals surface area (Å²) in [4.78, 5) is 24.8. The summed E-state index contributed by atoms with van der Waals surface area (Å²) in [5, 5.41) is 9.69. The van der Waals surface area contributed by atoms with Crippen molar-refractivity contribution >= 4 is 10.9 Å². The number of rotatable bonds is 8. The number of fused-ring (bicyclic) bond motifs is 1. The molecule has 1 aliphatic rings. The van der Waals surface area contributed by atoms with Gasteiger partial charge in [-0.05, 0) is 86.9 Å². The molecule has 0 spiro atoms. The summed E-state index contributed by atoms with van der Waals surface area (Å²) in [5.74, 6) is 2.94. The van der Waals surface area contributed by atoms with Gasteiger partial charge in [-0.25, -0.2) is 9.97 Å². The Kier molecular flexibility index (Phi) is 8.06. The van der Waals surface area contributed by atoms with Crippen molar-refractivity contribution in [3.05, 3.63) is 107 Å². The molecule has 0 atom stereocenters. The fourth-order valence-corrected chi connectivity index (χ4v) is 5.44. The monoisotopic (exact) mass is 560 g/mol. The van der Waals surface area contributed by atoms with Crippen LogP contribution in [0, 0.1) is 0 Å². The maximum atomic E-state index is 12.5. The number of benzene rings is 2. The lowest BCUT2D eigenvalue weighted by atomic mass is 9.96. The van der Waals surface area contributed by atoms with Gasteiger partial charge in [-0.1, -0.05) is 26.8 Å². The second kappa shape index (κ2) is 12.2. The zero-order valence-electron chi connectivity index (χ0n) is 24.4. The molecule has 1 aliphatic heterocycles. The van der Waals surface area contributed by atoms with Gasteiger partial charge in [-0.2, -0.15) is 10.2 Å². The number of hydrogen-bond donors (Lipinski definition) is 0. The molecule has 0 radical (unpaired) electrons. The first-order valence-electron chi connectivity index (χ1n) is 14.8. The van der Waals surface area contributed by atoms with Crippen molar-refractivity contribution in [1.29, 1.82) is 0 Å². The van der Waals surface area contributed by atoms with Crippen LogP contribution in [-0.2, 0) is 6.54 Å². The van der Waals surface area contributed by atoms with Crippen LogP contribution < -0.4 is 10.3 Å². The van der Waals surface area contributed by atoms with Gasteiger partial charge in [0, 0.05) is 47.0 Å². The molecule has 42 heavy (non-hydrogen) atoms. The first-order chi connectivity index (χ1) is 20.5. The number of aromatic nitrogens is 5. The summed E-state index contributed by atoms with van der Waals surface area (Å²) in [7, 11) is 0. The summed E-state index contributed by atoms with van der Waals surface area (Å²) >= 11 is 0. The Labute approximate surface area is 246 Å². The molecule has 4 heterocycles. The number of likely N-dealkylation sites (tertiary alicyclic amines) is 1. The van der Waals surface area contributed by atoms with Crippen LogP contribution in [0.4, 0.5) is 0 Å². The standard InChI is InChI=1S/C34H36N6O2/c1-4-39-17-14-25(15-18-39)34-35-21-26-19-27(22-40-16-6-5-7-33(40)41)32(20-31(26)36-34)42-28-10-8-24(9-11-28)30-13-12-29(23(2)3)37-38-30/h5-13,16,19-21,23,25H,4,14-15,17-18,22H2,1-3H3. The third kappa shape index (κ3) is 6.09. The van der Waals surface area contributed by atoms with E-state index >= 15 is 0 Å². The Bertz CT molecular complexity index is 1720. The van der Waals surface area contributed by atoms with Crippen LogP contribution in [0.3, 0.4) is 0 Å². The van der Waals surface area contributed by atoms with E-state index in [1.165, 1.54) is 0 Å². The van der Waals surface area contributed by atoms with E-state index in [1.54, 1.807) is 22.9 Å². The van der Waals surface area contributed by atoms with Crippen LogP contribution in [0.1, 0.15) is 62.5 Å². The van der Waals surface area contributed by atoms with Crippen molar-refractivity contribution in [2.45, 2.75) is 52.0 Å². The van der Waals surface area contributed by atoms with Crippen molar-refractivity contribution < 1.29 is 4.74 Å². The average Bonchev–Trinajstić information content (AvgIpc) is 3.02. The SMILES string of the molecule is CCN1CCC(c2ncc3cc(Cn4ccccc4=O)c(Oc4ccc(-c5ccc(C(C)C)nn5)cc4)cc3n2)CC1. The Hall–Kier alpha value is -4.43. The molecule has 0 N–H and O–H groups in total. The highest BCUT2D eigenvalue weighted by molar-refractivity contribution is 5.81. The van der Waals surface area contributed by atoms with Gasteiger partial charge in [-0.3, -0.25) is 4.79 Å². The molecule has 0 saturated carbocycles. The minimum atomic E-state index is -0.0671. The number of nitrogens with zero attached hydrogens (tertiary/aromatic N) is 6. The Balaban J connectivity index is 1.31. The van der Waals surface area contributed by atoms with Crippen molar-refractivity contribution in [1.82, 2.24) is 29.6 Å². The van der Waals surface area contributed by atoms with Crippen LogP contribution in [0.5, 0.6) is 11.5 Å². The minimum Gasteiger partial charge on any atom is -0.457 e. The van der Waals surface area contributed by atoms with Gasteiger partial charge in [0.05, 0.1) is 23.4 Å². The Morgan fingerprint density at radius 1 is 0.976 bits per heavy atom. The lowest BCUT2D eigenvalue weighted by Gasteiger charge is -2.30. The maximum absolute atomic E-state index is 12.5. The van der Waals surface area contributed by atoms with Gasteiger partial charge >= 0.3 is 0 Å². The number of hydrogen-bond acceptors (Lipinski definition) is 7. The minimum absolute atomic E-state index is 0.0671. The molecular weight excluding hydrogens is 524 g/mol. The van der Waals surface area contributed by atoms with Gasteiger partial charge in [0.1, 0.15) is 17.3 Å². The maximum Gasteiger partial charge on any atom is 0.250 e. The van der Waals surface area contributed by atoms with Crippen molar-refractivity contribution in [3.63, 3.8) is 0 Å². The lowest BCUT2D eigenvalue weighted by Crippen LogP contribution is -2.33. The van der Waals surface area contributed by atoms with E-state index in [4.69, 9.17) is 14.7 Å². The lowest BCUT2D eigenvalue weighted by molar-refractivity contribution is 0.219. The zero-order chi connectivity index (χ0) is 29.1. The molecule has 1 fully saturated rings. The fourth-order valence-electron chi connectivity index (χ4n) is 5.44. The van der Waals surface area contributed by atoms with Gasteiger partial charge in [0.25, 0.3) is 5.56 Å². The Morgan fingerprint density at radius 2 is 1.79 bits per heavy atom. The highest BCUT2D eigenvalue weighted by Gasteiger charge is 2.22.